The minimum absolute atomic E-state index is 0. The van der Waals surface area contributed by atoms with E-state index in [1.165, 1.54) is 18.3 Å². The summed E-state index contributed by atoms with van der Waals surface area (Å²) in [5.41, 5.74) is 0.897. The molecule has 0 amide bonds. The van der Waals surface area contributed by atoms with E-state index >= 15 is 0 Å². The molecule has 0 bridgehead atoms. The Bertz CT molecular complexity index is 904. The number of aromatic nitrogens is 4. The van der Waals surface area contributed by atoms with E-state index in [0.29, 0.717) is 12.1 Å². The second-order valence-corrected chi connectivity index (χ2v) is 4.63. The molecular weight excluding hydrogens is 397 g/mol. The van der Waals surface area contributed by atoms with Crippen LogP contribution in [0.15, 0.2) is 22.9 Å². The lowest BCUT2D eigenvalue weighted by molar-refractivity contribution is -0.159. The molecule has 0 saturated carbocycles. The largest absolute Gasteiger partial charge is 0.476 e. The molecule has 0 radical (unpaired) electrons. The van der Waals surface area contributed by atoms with E-state index in [1.54, 1.807) is 11.3 Å². The van der Waals surface area contributed by atoms with Crippen LogP contribution in [0.1, 0.15) is 29.0 Å². The fourth-order valence-corrected chi connectivity index (χ4v) is 2.20. The fraction of sp³-hybridized carbons (Fsp3) is 0.231. The van der Waals surface area contributed by atoms with Crippen molar-refractivity contribution in [3.05, 3.63) is 35.6 Å². The maximum absolute atomic E-state index is 12.5. The zero-order valence-corrected chi connectivity index (χ0v) is 13.7. The van der Waals surface area contributed by atoms with Crippen molar-refractivity contribution in [2.24, 2.45) is 0 Å². The van der Waals surface area contributed by atoms with Crippen LogP contribution in [0.25, 0.3) is 17.0 Å². The van der Waals surface area contributed by atoms with Gasteiger partial charge in [0.05, 0.1) is 5.69 Å². The van der Waals surface area contributed by atoms with Gasteiger partial charge in [0.15, 0.2) is 5.69 Å². The number of carboxylic acids is 1. The van der Waals surface area contributed by atoms with Gasteiger partial charge in [-0.1, -0.05) is 12.1 Å². The monoisotopic (exact) mass is 406 g/mol. The summed E-state index contributed by atoms with van der Waals surface area (Å²) in [6, 6.07) is 2.86. The van der Waals surface area contributed by atoms with Gasteiger partial charge in [-0.05, 0) is 18.6 Å². The Morgan fingerprint density at radius 3 is 2.62 bits per heavy atom. The Hall–Kier alpha value is -2.43. The van der Waals surface area contributed by atoms with Gasteiger partial charge in [0.25, 0.3) is 0 Å². The van der Waals surface area contributed by atoms with Gasteiger partial charge in [0, 0.05) is 11.8 Å². The Balaban J connectivity index is 0.00000208. The maximum Gasteiger partial charge on any atom is 0.471 e. The highest BCUT2D eigenvalue weighted by atomic mass is 79.9. The van der Waals surface area contributed by atoms with Gasteiger partial charge in [-0.3, -0.25) is 0 Å². The highest BCUT2D eigenvalue weighted by Gasteiger charge is 2.38. The van der Waals surface area contributed by atoms with Crippen LogP contribution in [0.3, 0.4) is 0 Å². The summed E-state index contributed by atoms with van der Waals surface area (Å²) in [7, 11) is 0. The zero-order valence-electron chi connectivity index (χ0n) is 12.0. The lowest BCUT2D eigenvalue weighted by Crippen LogP contribution is -2.04. The average molecular weight is 407 g/mol. The molecule has 0 aromatic carbocycles. The van der Waals surface area contributed by atoms with Gasteiger partial charge in [0.1, 0.15) is 5.65 Å². The molecular formula is C13H10BrF3N4O3. The molecule has 128 valence electrons. The first-order chi connectivity index (χ1) is 10.8. The van der Waals surface area contributed by atoms with E-state index in [2.05, 4.69) is 19.6 Å². The zero-order chi connectivity index (χ0) is 16.8. The lowest BCUT2D eigenvalue weighted by Gasteiger charge is -2.00. The summed E-state index contributed by atoms with van der Waals surface area (Å²) >= 11 is 0. The van der Waals surface area contributed by atoms with Gasteiger partial charge in [-0.2, -0.15) is 18.2 Å². The third-order valence-electron chi connectivity index (χ3n) is 3.19. The fourth-order valence-electron chi connectivity index (χ4n) is 2.20. The number of carboxylic acid groups (broad SMARTS) is 1. The Labute approximate surface area is 142 Å². The molecule has 0 saturated heterocycles. The van der Waals surface area contributed by atoms with Crippen LogP contribution in [-0.4, -0.2) is 30.6 Å². The highest BCUT2D eigenvalue weighted by Crippen LogP contribution is 2.29. The number of nitrogens with zero attached hydrogens (tertiary/aromatic N) is 4. The van der Waals surface area contributed by atoms with Crippen molar-refractivity contribution in [3.8, 4) is 11.4 Å². The first kappa shape index (κ1) is 17.9. The van der Waals surface area contributed by atoms with Crippen LogP contribution in [0, 0.1) is 0 Å². The molecule has 11 heteroatoms. The molecule has 0 atom stereocenters. The van der Waals surface area contributed by atoms with E-state index < -0.39 is 18.0 Å². The van der Waals surface area contributed by atoms with Crippen molar-refractivity contribution < 1.29 is 27.6 Å². The molecule has 7 nitrogen and oxygen atoms in total. The number of aromatic carboxylic acids is 1. The standard InChI is InChI=1S/C13H9F3N4O3.BrH/c1-2-7-9(11(21)22)17-8-5-6(3-4-20(7)8)10-18-12(23-19-10)13(14,15)16;/h3-5H,2H2,1H3,(H,21,22);1H. The summed E-state index contributed by atoms with van der Waals surface area (Å²) in [6.45, 7) is 1.78. The van der Waals surface area contributed by atoms with Gasteiger partial charge in [-0.25, -0.2) is 9.78 Å². The molecule has 3 aromatic heterocycles. The van der Waals surface area contributed by atoms with Gasteiger partial charge in [-0.15, -0.1) is 17.0 Å². The van der Waals surface area contributed by atoms with E-state index in [9.17, 15) is 18.0 Å². The molecule has 3 aromatic rings. The van der Waals surface area contributed by atoms with Crippen LogP contribution in [-0.2, 0) is 12.6 Å². The maximum atomic E-state index is 12.5. The SMILES string of the molecule is Br.CCc1c(C(=O)O)nc2cc(-c3noc(C(F)(F)F)n3)ccn12. The number of aryl methyl sites for hydroxylation is 1. The van der Waals surface area contributed by atoms with Crippen molar-refractivity contribution in [3.63, 3.8) is 0 Å². The predicted octanol–water partition coefficient (Wildman–Crippen LogP) is 3.24. The van der Waals surface area contributed by atoms with E-state index in [-0.39, 0.29) is 39.7 Å². The quantitative estimate of drug-likeness (QED) is 0.717. The number of carbonyl (C=O) groups is 1. The van der Waals surface area contributed by atoms with Crippen molar-refractivity contribution in [1.29, 1.82) is 0 Å². The third kappa shape index (κ3) is 2.98. The van der Waals surface area contributed by atoms with Crippen molar-refractivity contribution in [1.82, 2.24) is 19.5 Å². The first-order valence-electron chi connectivity index (χ1n) is 6.46. The summed E-state index contributed by atoms with van der Waals surface area (Å²) < 4.78 is 43.2. The molecule has 1 N–H and O–H groups in total. The van der Waals surface area contributed by atoms with Crippen molar-refractivity contribution >= 4 is 28.6 Å². The number of halogens is 4. The van der Waals surface area contributed by atoms with E-state index in [4.69, 9.17) is 5.11 Å². The van der Waals surface area contributed by atoms with Gasteiger partial charge < -0.3 is 14.0 Å². The number of alkyl halides is 3. The van der Waals surface area contributed by atoms with Crippen LogP contribution in [0.2, 0.25) is 0 Å². The predicted molar refractivity (Wildman–Crippen MR) is 80.1 cm³/mol. The number of hydrogen-bond acceptors (Lipinski definition) is 5. The number of pyridine rings is 1. The molecule has 0 aliphatic carbocycles. The first-order valence-corrected chi connectivity index (χ1v) is 6.46. The van der Waals surface area contributed by atoms with Gasteiger partial charge >= 0.3 is 18.0 Å². The lowest BCUT2D eigenvalue weighted by atomic mass is 10.2. The van der Waals surface area contributed by atoms with Crippen molar-refractivity contribution in [2.45, 2.75) is 19.5 Å². The van der Waals surface area contributed by atoms with Crippen LogP contribution >= 0.6 is 17.0 Å². The van der Waals surface area contributed by atoms with Crippen LogP contribution in [0.4, 0.5) is 13.2 Å². The molecule has 24 heavy (non-hydrogen) atoms. The summed E-state index contributed by atoms with van der Waals surface area (Å²) in [5.74, 6) is -2.88. The number of hydrogen-bond donors (Lipinski definition) is 1. The van der Waals surface area contributed by atoms with E-state index in [0.717, 1.165) is 0 Å². The minimum atomic E-state index is -4.73. The highest BCUT2D eigenvalue weighted by molar-refractivity contribution is 8.93. The molecule has 3 rings (SSSR count). The summed E-state index contributed by atoms with van der Waals surface area (Å²) in [6.07, 6.45) is -2.79. The molecule has 0 unspecified atom stereocenters. The molecule has 0 aliphatic heterocycles. The Morgan fingerprint density at radius 1 is 1.38 bits per heavy atom. The number of imidazole rings is 1. The molecule has 0 fully saturated rings. The molecule has 0 aliphatic rings. The Kier molecular flexibility index (Phi) is 4.65. The number of fused-ring (bicyclic) bond motifs is 1. The Morgan fingerprint density at radius 2 is 2.08 bits per heavy atom. The smallest absolute Gasteiger partial charge is 0.471 e. The summed E-state index contributed by atoms with van der Waals surface area (Å²) in [5, 5.41) is 12.4. The average Bonchev–Trinajstić information content (AvgIpc) is 3.10. The second kappa shape index (κ2) is 6.23. The molecule has 3 heterocycles. The number of rotatable bonds is 3. The van der Waals surface area contributed by atoms with Gasteiger partial charge in [0.2, 0.25) is 5.82 Å². The van der Waals surface area contributed by atoms with Crippen LogP contribution < -0.4 is 0 Å². The molecule has 0 spiro atoms. The van der Waals surface area contributed by atoms with E-state index in [1.807, 2.05) is 0 Å². The summed E-state index contributed by atoms with van der Waals surface area (Å²) in [4.78, 5) is 18.4. The second-order valence-electron chi connectivity index (χ2n) is 4.63. The topological polar surface area (TPSA) is 93.5 Å². The normalized spacial score (nSPS) is 11.5. The van der Waals surface area contributed by atoms with Crippen molar-refractivity contribution in [2.75, 3.05) is 0 Å². The third-order valence-corrected chi connectivity index (χ3v) is 3.19. The minimum Gasteiger partial charge on any atom is -0.476 e. The van der Waals surface area contributed by atoms with Crippen LogP contribution in [0.5, 0.6) is 0 Å².